The van der Waals surface area contributed by atoms with Crippen molar-refractivity contribution in [2.45, 2.75) is 45.7 Å². The van der Waals surface area contributed by atoms with Crippen molar-refractivity contribution >= 4 is 11.3 Å². The van der Waals surface area contributed by atoms with E-state index in [1.165, 1.54) is 24.1 Å². The molecule has 3 atom stereocenters. The number of hydrogen-bond donors (Lipinski definition) is 1. The molecule has 0 saturated heterocycles. The Morgan fingerprint density at radius 1 is 1.40 bits per heavy atom. The minimum absolute atomic E-state index is 0.732. The van der Waals surface area contributed by atoms with Gasteiger partial charge in [0.25, 0.3) is 0 Å². The van der Waals surface area contributed by atoms with E-state index in [-0.39, 0.29) is 0 Å². The molecule has 1 nitrogen and oxygen atoms in total. The minimum Gasteiger partial charge on any atom is -0.309 e. The quantitative estimate of drug-likeness (QED) is 0.824. The molecular weight excluding hydrogens is 202 g/mol. The third kappa shape index (κ3) is 2.82. The number of thiophene rings is 1. The van der Waals surface area contributed by atoms with Gasteiger partial charge in [-0.15, -0.1) is 11.3 Å². The summed E-state index contributed by atoms with van der Waals surface area (Å²) in [6, 6.07) is 5.08. The first kappa shape index (κ1) is 11.2. The molecule has 2 rings (SSSR count). The van der Waals surface area contributed by atoms with E-state index in [9.17, 15) is 0 Å². The van der Waals surface area contributed by atoms with Gasteiger partial charge < -0.3 is 5.32 Å². The lowest BCUT2D eigenvalue weighted by Gasteiger charge is -2.34. The zero-order chi connectivity index (χ0) is 10.7. The van der Waals surface area contributed by atoms with Crippen molar-refractivity contribution in [3.05, 3.63) is 22.4 Å². The Balaban J connectivity index is 1.83. The maximum Gasteiger partial charge on any atom is 0.0302 e. The predicted octanol–water partition coefficient (Wildman–Crippen LogP) is 3.66. The molecule has 1 fully saturated rings. The molecule has 84 valence electrons. The van der Waals surface area contributed by atoms with Crippen LogP contribution in [0.3, 0.4) is 0 Å². The van der Waals surface area contributed by atoms with E-state index in [1.807, 2.05) is 11.3 Å². The van der Waals surface area contributed by atoms with Gasteiger partial charge in [0.15, 0.2) is 0 Å². The normalized spacial score (nSPS) is 31.7. The summed E-state index contributed by atoms with van der Waals surface area (Å²) in [5.41, 5.74) is 0. The summed E-state index contributed by atoms with van der Waals surface area (Å²) < 4.78 is 0. The van der Waals surface area contributed by atoms with Crippen molar-refractivity contribution in [3.63, 3.8) is 0 Å². The number of nitrogens with one attached hydrogen (secondary N) is 1. The van der Waals surface area contributed by atoms with Crippen molar-refractivity contribution < 1.29 is 0 Å². The Hall–Kier alpha value is -0.340. The Morgan fingerprint density at radius 3 is 3.00 bits per heavy atom. The molecule has 0 amide bonds. The van der Waals surface area contributed by atoms with Crippen LogP contribution in [0.25, 0.3) is 0 Å². The molecule has 0 aromatic carbocycles. The highest BCUT2D eigenvalue weighted by molar-refractivity contribution is 7.09. The summed E-state index contributed by atoms with van der Waals surface area (Å²) in [6.45, 7) is 5.85. The van der Waals surface area contributed by atoms with Gasteiger partial charge in [-0.25, -0.2) is 0 Å². The molecule has 0 unspecified atom stereocenters. The lowest BCUT2D eigenvalue weighted by atomic mass is 9.78. The van der Waals surface area contributed by atoms with Crippen LogP contribution in [0, 0.1) is 11.8 Å². The zero-order valence-corrected chi connectivity index (χ0v) is 10.5. The van der Waals surface area contributed by atoms with Gasteiger partial charge in [-0.2, -0.15) is 0 Å². The molecular formula is C13H21NS. The molecule has 1 aromatic rings. The first-order valence-electron chi connectivity index (χ1n) is 6.03. The second-order valence-corrected chi connectivity index (χ2v) is 5.87. The standard InChI is InChI=1S/C13H21NS/c1-10-5-3-7-13(11(10)2)14-9-12-6-4-8-15-12/h4,6,8,10-11,13-14H,3,5,7,9H2,1-2H3/t10-,11-,13-/m1/s1. The van der Waals surface area contributed by atoms with Crippen molar-refractivity contribution in [2.75, 3.05) is 0 Å². The SMILES string of the molecule is C[C@@H]1[C@H](C)CCC[C@H]1NCc1cccs1. The summed E-state index contributed by atoms with van der Waals surface area (Å²) >= 11 is 1.85. The van der Waals surface area contributed by atoms with Crippen molar-refractivity contribution in [2.24, 2.45) is 11.8 Å². The fraction of sp³-hybridized carbons (Fsp3) is 0.692. The van der Waals surface area contributed by atoms with Crippen molar-refractivity contribution in [1.29, 1.82) is 0 Å². The van der Waals surface area contributed by atoms with E-state index in [2.05, 4.69) is 36.7 Å². The average molecular weight is 223 g/mol. The Morgan fingerprint density at radius 2 is 2.27 bits per heavy atom. The first-order chi connectivity index (χ1) is 7.27. The number of hydrogen-bond acceptors (Lipinski definition) is 2. The van der Waals surface area contributed by atoms with Crippen molar-refractivity contribution in [1.82, 2.24) is 5.32 Å². The minimum atomic E-state index is 0.732. The number of rotatable bonds is 3. The highest BCUT2D eigenvalue weighted by Crippen LogP contribution is 2.29. The fourth-order valence-electron chi connectivity index (χ4n) is 2.51. The zero-order valence-electron chi connectivity index (χ0n) is 9.70. The molecule has 1 heterocycles. The Labute approximate surface area is 96.9 Å². The van der Waals surface area contributed by atoms with Gasteiger partial charge in [-0.3, -0.25) is 0 Å². The molecule has 1 saturated carbocycles. The third-order valence-electron chi connectivity index (χ3n) is 3.83. The fourth-order valence-corrected chi connectivity index (χ4v) is 3.17. The lowest BCUT2D eigenvalue weighted by Crippen LogP contribution is -2.40. The molecule has 15 heavy (non-hydrogen) atoms. The van der Waals surface area contributed by atoms with Crippen LogP contribution in [0.5, 0.6) is 0 Å². The van der Waals surface area contributed by atoms with Gasteiger partial charge in [0.05, 0.1) is 0 Å². The molecule has 0 radical (unpaired) electrons. The monoisotopic (exact) mass is 223 g/mol. The molecule has 1 aliphatic rings. The van der Waals surface area contributed by atoms with E-state index in [0.29, 0.717) is 0 Å². The van der Waals surface area contributed by atoms with E-state index < -0.39 is 0 Å². The maximum absolute atomic E-state index is 3.71. The summed E-state index contributed by atoms with van der Waals surface area (Å²) in [5.74, 6) is 1.72. The molecule has 0 bridgehead atoms. The predicted molar refractivity (Wildman–Crippen MR) is 67.1 cm³/mol. The highest BCUT2D eigenvalue weighted by Gasteiger charge is 2.26. The molecule has 0 aliphatic heterocycles. The Kier molecular flexibility index (Phi) is 3.81. The van der Waals surface area contributed by atoms with Gasteiger partial charge in [0.2, 0.25) is 0 Å². The average Bonchev–Trinajstić information content (AvgIpc) is 2.73. The van der Waals surface area contributed by atoms with Crippen LogP contribution in [0.1, 0.15) is 38.0 Å². The smallest absolute Gasteiger partial charge is 0.0302 e. The molecule has 1 aromatic heterocycles. The molecule has 2 heteroatoms. The van der Waals surface area contributed by atoms with E-state index in [4.69, 9.17) is 0 Å². The van der Waals surface area contributed by atoms with Crippen LogP contribution in [-0.2, 0) is 6.54 Å². The molecule has 1 N–H and O–H groups in total. The van der Waals surface area contributed by atoms with Gasteiger partial charge in [-0.1, -0.05) is 32.8 Å². The van der Waals surface area contributed by atoms with Crippen LogP contribution >= 0.6 is 11.3 Å². The van der Waals surface area contributed by atoms with Gasteiger partial charge in [0.1, 0.15) is 0 Å². The van der Waals surface area contributed by atoms with E-state index >= 15 is 0 Å². The summed E-state index contributed by atoms with van der Waals surface area (Å²) in [5, 5.41) is 5.87. The largest absolute Gasteiger partial charge is 0.309 e. The lowest BCUT2D eigenvalue weighted by molar-refractivity contribution is 0.206. The van der Waals surface area contributed by atoms with Crippen LogP contribution in [0.2, 0.25) is 0 Å². The van der Waals surface area contributed by atoms with Crippen LogP contribution in [0.4, 0.5) is 0 Å². The molecule has 0 spiro atoms. The van der Waals surface area contributed by atoms with E-state index in [0.717, 1.165) is 24.4 Å². The van der Waals surface area contributed by atoms with Crippen molar-refractivity contribution in [3.8, 4) is 0 Å². The van der Waals surface area contributed by atoms with Gasteiger partial charge in [-0.05, 0) is 29.7 Å². The maximum atomic E-state index is 3.71. The van der Waals surface area contributed by atoms with Crippen LogP contribution in [0.15, 0.2) is 17.5 Å². The second kappa shape index (κ2) is 5.13. The summed E-state index contributed by atoms with van der Waals surface area (Å²) in [4.78, 5) is 1.46. The summed E-state index contributed by atoms with van der Waals surface area (Å²) in [7, 11) is 0. The van der Waals surface area contributed by atoms with Crippen LogP contribution in [-0.4, -0.2) is 6.04 Å². The second-order valence-electron chi connectivity index (χ2n) is 4.83. The summed E-state index contributed by atoms with van der Waals surface area (Å²) in [6.07, 6.45) is 4.17. The van der Waals surface area contributed by atoms with E-state index in [1.54, 1.807) is 0 Å². The van der Waals surface area contributed by atoms with Gasteiger partial charge in [0, 0.05) is 17.5 Å². The third-order valence-corrected chi connectivity index (χ3v) is 4.70. The van der Waals surface area contributed by atoms with Crippen LogP contribution < -0.4 is 5.32 Å². The van der Waals surface area contributed by atoms with Gasteiger partial charge >= 0.3 is 0 Å². The Bertz CT molecular complexity index is 281. The topological polar surface area (TPSA) is 12.0 Å². The highest BCUT2D eigenvalue weighted by atomic mass is 32.1. The molecule has 1 aliphatic carbocycles. The first-order valence-corrected chi connectivity index (χ1v) is 6.91.